The van der Waals surface area contributed by atoms with Crippen molar-refractivity contribution in [2.24, 2.45) is 0 Å². The number of nitrogens with zero attached hydrogens (tertiary/aromatic N) is 1. The van der Waals surface area contributed by atoms with Crippen molar-refractivity contribution in [1.82, 2.24) is 4.90 Å². The lowest BCUT2D eigenvalue weighted by atomic mass is 9.97. The molecular weight excluding hydrogens is 306 g/mol. The molecule has 0 saturated carbocycles. The second-order valence-corrected chi connectivity index (χ2v) is 6.00. The molecule has 1 fully saturated rings. The largest absolute Gasteiger partial charge is 0.483 e. The second-order valence-electron chi connectivity index (χ2n) is 5.15. The van der Waals surface area contributed by atoms with E-state index in [0.717, 1.165) is 17.3 Å². The molecule has 19 heavy (non-hydrogen) atoms. The fraction of sp³-hybridized carbons (Fsp3) is 0.533. The molecule has 2 atom stereocenters. The first-order valence-corrected chi connectivity index (χ1v) is 7.57. The summed E-state index contributed by atoms with van der Waals surface area (Å²) < 4.78 is 6.49. The number of hydrogen-bond donors (Lipinski definition) is 0. The van der Waals surface area contributed by atoms with E-state index in [1.54, 1.807) is 0 Å². The number of amides is 1. The number of likely N-dealkylation sites (tertiary alicyclic amines) is 1. The van der Waals surface area contributed by atoms with Gasteiger partial charge in [0.25, 0.3) is 5.91 Å². The van der Waals surface area contributed by atoms with Gasteiger partial charge in [-0.15, -0.1) is 0 Å². The molecule has 1 amide bonds. The molecule has 2 unspecified atom stereocenters. The standard InChI is InChI=1S/C15H20BrNO2/c1-11-6-5-7-12(2)17(11)15(18)10-19-14-9-4-3-8-13(14)16/h3-4,8-9,11-12H,5-7,10H2,1-2H3. The van der Waals surface area contributed by atoms with Crippen molar-refractivity contribution in [3.05, 3.63) is 28.7 Å². The summed E-state index contributed by atoms with van der Waals surface area (Å²) in [4.78, 5) is 14.3. The Morgan fingerprint density at radius 2 is 1.95 bits per heavy atom. The molecule has 1 aromatic carbocycles. The van der Waals surface area contributed by atoms with Crippen LogP contribution in [0.5, 0.6) is 5.75 Å². The Morgan fingerprint density at radius 1 is 1.32 bits per heavy atom. The van der Waals surface area contributed by atoms with E-state index in [-0.39, 0.29) is 12.5 Å². The van der Waals surface area contributed by atoms with E-state index in [4.69, 9.17) is 4.74 Å². The fourth-order valence-corrected chi connectivity index (χ4v) is 3.09. The van der Waals surface area contributed by atoms with Crippen LogP contribution in [0.25, 0.3) is 0 Å². The molecule has 1 heterocycles. The maximum Gasteiger partial charge on any atom is 0.260 e. The average Bonchev–Trinajstić information content (AvgIpc) is 2.37. The smallest absolute Gasteiger partial charge is 0.260 e. The Kier molecular flexibility index (Phi) is 4.86. The maximum atomic E-state index is 12.3. The summed E-state index contributed by atoms with van der Waals surface area (Å²) in [5, 5.41) is 0. The van der Waals surface area contributed by atoms with Gasteiger partial charge in [-0.3, -0.25) is 4.79 Å². The van der Waals surface area contributed by atoms with Gasteiger partial charge in [0.05, 0.1) is 4.47 Å². The van der Waals surface area contributed by atoms with Crippen LogP contribution in [0.1, 0.15) is 33.1 Å². The molecule has 0 bridgehead atoms. The summed E-state index contributed by atoms with van der Waals surface area (Å²) in [6, 6.07) is 8.23. The lowest BCUT2D eigenvalue weighted by Crippen LogP contribution is -2.49. The van der Waals surface area contributed by atoms with E-state index in [9.17, 15) is 4.79 Å². The van der Waals surface area contributed by atoms with Crippen LogP contribution in [0.2, 0.25) is 0 Å². The van der Waals surface area contributed by atoms with Gasteiger partial charge in [-0.25, -0.2) is 0 Å². The lowest BCUT2D eigenvalue weighted by Gasteiger charge is -2.39. The van der Waals surface area contributed by atoms with E-state index < -0.39 is 0 Å². The SMILES string of the molecule is CC1CCCC(C)N1C(=O)COc1ccccc1Br. The van der Waals surface area contributed by atoms with E-state index in [0.29, 0.717) is 17.8 Å². The summed E-state index contributed by atoms with van der Waals surface area (Å²) in [7, 11) is 0. The first-order chi connectivity index (χ1) is 9.09. The average molecular weight is 326 g/mol. The van der Waals surface area contributed by atoms with Crippen LogP contribution in [0.15, 0.2) is 28.7 Å². The molecular formula is C15H20BrNO2. The summed E-state index contributed by atoms with van der Waals surface area (Å²) in [6.45, 7) is 4.34. The monoisotopic (exact) mass is 325 g/mol. The first kappa shape index (κ1) is 14.4. The normalized spacial score (nSPS) is 23.2. The molecule has 2 rings (SSSR count). The van der Waals surface area contributed by atoms with Gasteiger partial charge in [-0.2, -0.15) is 0 Å². The predicted molar refractivity (Wildman–Crippen MR) is 79.3 cm³/mol. The number of rotatable bonds is 3. The van der Waals surface area contributed by atoms with Crippen LogP contribution >= 0.6 is 15.9 Å². The highest BCUT2D eigenvalue weighted by Crippen LogP contribution is 2.25. The van der Waals surface area contributed by atoms with Gasteiger partial charge < -0.3 is 9.64 Å². The number of halogens is 1. The minimum absolute atomic E-state index is 0.0791. The van der Waals surface area contributed by atoms with Crippen molar-refractivity contribution in [2.45, 2.75) is 45.2 Å². The highest BCUT2D eigenvalue weighted by molar-refractivity contribution is 9.10. The Balaban J connectivity index is 1.95. The molecule has 1 saturated heterocycles. The summed E-state index contributed by atoms with van der Waals surface area (Å²) >= 11 is 3.42. The number of para-hydroxylation sites is 1. The molecule has 0 aliphatic carbocycles. The summed E-state index contributed by atoms with van der Waals surface area (Å²) in [6.07, 6.45) is 3.38. The number of carbonyl (C=O) groups is 1. The van der Waals surface area contributed by atoms with Gasteiger partial charge in [0, 0.05) is 12.1 Å². The van der Waals surface area contributed by atoms with Crippen molar-refractivity contribution in [1.29, 1.82) is 0 Å². The van der Waals surface area contributed by atoms with Gasteiger partial charge in [-0.1, -0.05) is 12.1 Å². The molecule has 0 radical (unpaired) electrons. The zero-order chi connectivity index (χ0) is 13.8. The molecule has 104 valence electrons. The third kappa shape index (κ3) is 3.50. The summed E-state index contributed by atoms with van der Waals surface area (Å²) in [5.74, 6) is 0.795. The highest BCUT2D eigenvalue weighted by Gasteiger charge is 2.28. The van der Waals surface area contributed by atoms with Crippen LogP contribution in [0.3, 0.4) is 0 Å². The first-order valence-electron chi connectivity index (χ1n) is 6.78. The maximum absolute atomic E-state index is 12.3. The molecule has 3 nitrogen and oxygen atoms in total. The number of hydrogen-bond acceptors (Lipinski definition) is 2. The molecule has 0 N–H and O–H groups in total. The summed E-state index contributed by atoms with van der Waals surface area (Å²) in [5.41, 5.74) is 0. The van der Waals surface area contributed by atoms with Crippen LogP contribution in [0.4, 0.5) is 0 Å². The second kappa shape index (κ2) is 6.42. The number of ether oxygens (including phenoxy) is 1. The third-order valence-electron chi connectivity index (χ3n) is 3.67. The zero-order valence-corrected chi connectivity index (χ0v) is 13.0. The van der Waals surface area contributed by atoms with E-state index in [1.165, 1.54) is 6.42 Å². The predicted octanol–water partition coefficient (Wildman–Crippen LogP) is 3.62. The number of benzene rings is 1. The van der Waals surface area contributed by atoms with Gasteiger partial charge >= 0.3 is 0 Å². The Hall–Kier alpha value is -1.03. The van der Waals surface area contributed by atoms with Crippen LogP contribution in [-0.2, 0) is 4.79 Å². The van der Waals surface area contributed by atoms with Crippen LogP contribution in [0, 0.1) is 0 Å². The molecule has 1 aromatic rings. The number of carbonyl (C=O) groups excluding carboxylic acids is 1. The Bertz CT molecular complexity index is 440. The Labute approximate surface area is 123 Å². The highest BCUT2D eigenvalue weighted by atomic mass is 79.9. The van der Waals surface area contributed by atoms with Crippen molar-refractivity contribution < 1.29 is 9.53 Å². The lowest BCUT2D eigenvalue weighted by molar-refractivity contribution is -0.139. The van der Waals surface area contributed by atoms with Crippen molar-refractivity contribution >= 4 is 21.8 Å². The van der Waals surface area contributed by atoms with Gasteiger partial charge in [0.1, 0.15) is 5.75 Å². The minimum Gasteiger partial charge on any atom is -0.483 e. The quantitative estimate of drug-likeness (QED) is 0.849. The van der Waals surface area contributed by atoms with Crippen molar-refractivity contribution in [2.75, 3.05) is 6.61 Å². The van der Waals surface area contributed by atoms with E-state index >= 15 is 0 Å². The fourth-order valence-electron chi connectivity index (χ4n) is 2.69. The number of piperidine rings is 1. The molecule has 0 aromatic heterocycles. The van der Waals surface area contributed by atoms with Gasteiger partial charge in [0.15, 0.2) is 6.61 Å². The molecule has 1 aliphatic rings. The Morgan fingerprint density at radius 3 is 2.58 bits per heavy atom. The topological polar surface area (TPSA) is 29.5 Å². The van der Waals surface area contributed by atoms with Crippen LogP contribution < -0.4 is 4.74 Å². The van der Waals surface area contributed by atoms with E-state index in [1.807, 2.05) is 29.2 Å². The van der Waals surface area contributed by atoms with Crippen LogP contribution in [-0.4, -0.2) is 29.5 Å². The van der Waals surface area contributed by atoms with Crippen molar-refractivity contribution in [3.63, 3.8) is 0 Å². The van der Waals surface area contributed by atoms with Crippen molar-refractivity contribution in [3.8, 4) is 5.75 Å². The van der Waals surface area contributed by atoms with Gasteiger partial charge in [-0.05, 0) is 61.2 Å². The van der Waals surface area contributed by atoms with E-state index in [2.05, 4.69) is 29.8 Å². The molecule has 0 spiro atoms. The minimum atomic E-state index is 0.0791. The third-order valence-corrected chi connectivity index (χ3v) is 4.32. The van der Waals surface area contributed by atoms with Gasteiger partial charge in [0.2, 0.25) is 0 Å². The zero-order valence-electron chi connectivity index (χ0n) is 11.4. The molecule has 4 heteroatoms. The molecule has 1 aliphatic heterocycles.